The number of hydrogen-bond acceptors (Lipinski definition) is 5. The van der Waals surface area contributed by atoms with E-state index in [1.807, 2.05) is 20.8 Å². The minimum Gasteiger partial charge on any atom is -0.748 e. The monoisotopic (exact) mass is 361 g/mol. The van der Waals surface area contributed by atoms with Crippen molar-refractivity contribution in [2.24, 2.45) is 0 Å². The highest BCUT2D eigenvalue weighted by atomic mass is 32.2. The summed E-state index contributed by atoms with van der Waals surface area (Å²) >= 11 is 0. The van der Waals surface area contributed by atoms with Gasteiger partial charge in [-0.1, -0.05) is 12.1 Å². The molecule has 23 heavy (non-hydrogen) atoms. The van der Waals surface area contributed by atoms with Crippen molar-refractivity contribution in [3.63, 3.8) is 0 Å². The van der Waals surface area contributed by atoms with E-state index in [-0.39, 0.29) is 17.9 Å². The SMILES string of the molecule is CC1=[N+](CCCS(=O)(=O)[O-])c2c(cccc2S(=O)(=O)O)C1(C)C. The van der Waals surface area contributed by atoms with E-state index in [4.69, 9.17) is 0 Å². The van der Waals surface area contributed by atoms with Crippen LogP contribution in [0.2, 0.25) is 0 Å². The van der Waals surface area contributed by atoms with Gasteiger partial charge < -0.3 is 4.55 Å². The second kappa shape index (κ2) is 5.66. The van der Waals surface area contributed by atoms with E-state index in [9.17, 15) is 25.9 Å². The van der Waals surface area contributed by atoms with Gasteiger partial charge in [0.2, 0.25) is 5.69 Å². The van der Waals surface area contributed by atoms with E-state index in [1.165, 1.54) is 6.07 Å². The van der Waals surface area contributed by atoms with Gasteiger partial charge in [-0.2, -0.15) is 13.0 Å². The van der Waals surface area contributed by atoms with Crippen molar-refractivity contribution in [3.05, 3.63) is 23.8 Å². The third kappa shape index (κ3) is 3.47. The van der Waals surface area contributed by atoms with Crippen LogP contribution in [0.25, 0.3) is 0 Å². The average Bonchev–Trinajstić information content (AvgIpc) is 2.57. The van der Waals surface area contributed by atoms with Crippen LogP contribution in [0.5, 0.6) is 0 Å². The Labute approximate surface area is 136 Å². The topological polar surface area (TPSA) is 115 Å². The fourth-order valence-electron chi connectivity index (χ4n) is 2.89. The lowest BCUT2D eigenvalue weighted by molar-refractivity contribution is -0.441. The fourth-order valence-corrected chi connectivity index (χ4v) is 4.09. The molecule has 0 unspecified atom stereocenters. The smallest absolute Gasteiger partial charge is 0.301 e. The first-order valence-corrected chi connectivity index (χ1v) is 10.0. The molecule has 7 nitrogen and oxygen atoms in total. The van der Waals surface area contributed by atoms with E-state index in [0.29, 0.717) is 5.69 Å². The van der Waals surface area contributed by atoms with Gasteiger partial charge in [0.05, 0.1) is 15.5 Å². The van der Waals surface area contributed by atoms with Crippen LogP contribution in [0, 0.1) is 0 Å². The number of hydrogen-bond donors (Lipinski definition) is 1. The van der Waals surface area contributed by atoms with E-state index in [2.05, 4.69) is 0 Å². The van der Waals surface area contributed by atoms with Crippen molar-refractivity contribution in [1.82, 2.24) is 0 Å². The van der Waals surface area contributed by atoms with Crippen molar-refractivity contribution in [3.8, 4) is 0 Å². The molecule has 1 aliphatic heterocycles. The highest BCUT2D eigenvalue weighted by Crippen LogP contribution is 2.42. The molecule has 0 saturated heterocycles. The molecule has 0 radical (unpaired) electrons. The molecule has 1 aliphatic rings. The van der Waals surface area contributed by atoms with Gasteiger partial charge in [0.1, 0.15) is 6.54 Å². The summed E-state index contributed by atoms with van der Waals surface area (Å²) in [7, 11) is -8.75. The summed E-state index contributed by atoms with van der Waals surface area (Å²) in [5.41, 5.74) is 1.44. The molecule has 0 fully saturated rings. The van der Waals surface area contributed by atoms with Crippen LogP contribution in [0.4, 0.5) is 5.69 Å². The second-order valence-corrected chi connectivity index (χ2v) is 9.02. The maximum Gasteiger partial charge on any atom is 0.301 e. The van der Waals surface area contributed by atoms with E-state index in [1.54, 1.807) is 16.7 Å². The van der Waals surface area contributed by atoms with Crippen molar-refractivity contribution < 1.29 is 30.5 Å². The normalized spacial score (nSPS) is 17.4. The van der Waals surface area contributed by atoms with Crippen molar-refractivity contribution >= 4 is 31.6 Å². The highest BCUT2D eigenvalue weighted by Gasteiger charge is 2.45. The summed E-state index contributed by atoms with van der Waals surface area (Å²) in [6.45, 7) is 5.83. The molecule has 0 spiro atoms. The highest BCUT2D eigenvalue weighted by molar-refractivity contribution is 7.86. The van der Waals surface area contributed by atoms with Crippen molar-refractivity contribution in [2.45, 2.75) is 37.5 Å². The first kappa shape index (κ1) is 18.1. The zero-order chi connectivity index (χ0) is 17.6. The molecular weight excluding hydrogens is 342 g/mol. The zero-order valence-corrected chi connectivity index (χ0v) is 14.7. The molecule has 128 valence electrons. The molecule has 2 rings (SSSR count). The first-order chi connectivity index (χ1) is 10.4. The van der Waals surface area contributed by atoms with E-state index >= 15 is 0 Å². The lowest BCUT2D eigenvalue weighted by atomic mass is 9.82. The predicted octanol–water partition coefficient (Wildman–Crippen LogP) is 1.26. The Morgan fingerprint density at radius 3 is 2.35 bits per heavy atom. The molecule has 1 aromatic rings. The van der Waals surface area contributed by atoms with Crippen LogP contribution >= 0.6 is 0 Å². The van der Waals surface area contributed by atoms with Gasteiger partial charge in [-0.15, -0.1) is 0 Å². The summed E-state index contributed by atoms with van der Waals surface area (Å²) in [6.07, 6.45) is 0.0680. The maximum absolute atomic E-state index is 11.7. The van der Waals surface area contributed by atoms with Crippen LogP contribution in [0.15, 0.2) is 23.1 Å². The Hall–Kier alpha value is -1.29. The molecule has 0 aliphatic carbocycles. The lowest BCUT2D eigenvalue weighted by Crippen LogP contribution is -2.27. The lowest BCUT2D eigenvalue weighted by Gasteiger charge is -2.14. The molecule has 0 bridgehead atoms. The Morgan fingerprint density at radius 1 is 1.22 bits per heavy atom. The van der Waals surface area contributed by atoms with Gasteiger partial charge in [-0.05, 0) is 19.9 Å². The standard InChI is InChI=1S/C14H19NO6S2/c1-10-14(2,3)11-6-4-7-12(23(19,20)21)13(11)15(10)8-5-9-22(16,17)18/h4,6-7H,5,8-9H2,1-3H3,(H-,16,17,18,19,20,21). The number of nitrogens with zero attached hydrogens (tertiary/aromatic N) is 1. The quantitative estimate of drug-likeness (QED) is 0.624. The van der Waals surface area contributed by atoms with Crippen LogP contribution in [0.1, 0.15) is 32.8 Å². The third-order valence-electron chi connectivity index (χ3n) is 4.31. The summed E-state index contributed by atoms with van der Waals surface area (Å²) < 4.78 is 66.8. The Balaban J connectivity index is 2.55. The van der Waals surface area contributed by atoms with Gasteiger partial charge in [0.25, 0.3) is 0 Å². The van der Waals surface area contributed by atoms with Crippen LogP contribution in [-0.2, 0) is 25.7 Å². The van der Waals surface area contributed by atoms with Crippen LogP contribution in [-0.4, -0.2) is 48.5 Å². The molecule has 0 saturated carbocycles. The minimum absolute atomic E-state index is 0.0680. The number of fused-ring (bicyclic) bond motifs is 1. The number of rotatable bonds is 5. The molecule has 1 N–H and O–H groups in total. The maximum atomic E-state index is 11.7. The fraction of sp³-hybridized carbons (Fsp3) is 0.500. The molecule has 0 amide bonds. The Kier molecular flexibility index (Phi) is 4.44. The van der Waals surface area contributed by atoms with E-state index in [0.717, 1.165) is 11.3 Å². The number of benzene rings is 1. The van der Waals surface area contributed by atoms with Gasteiger partial charge in [0, 0.05) is 24.7 Å². The largest absolute Gasteiger partial charge is 0.748 e. The molecule has 1 heterocycles. The average molecular weight is 361 g/mol. The third-order valence-corrected chi connectivity index (χ3v) is 5.98. The summed E-state index contributed by atoms with van der Waals surface area (Å²) in [5, 5.41) is 0. The number of para-hydroxylation sites is 1. The first-order valence-electron chi connectivity index (χ1n) is 7.02. The van der Waals surface area contributed by atoms with Gasteiger partial charge in [-0.3, -0.25) is 4.55 Å². The molecule has 0 aromatic heterocycles. The molecular formula is C14H19NO6S2. The minimum atomic E-state index is -4.42. The van der Waals surface area contributed by atoms with Gasteiger partial charge in [0.15, 0.2) is 10.6 Å². The molecule has 9 heteroatoms. The molecule has 0 atom stereocenters. The van der Waals surface area contributed by atoms with Gasteiger partial charge in [-0.25, -0.2) is 8.42 Å². The summed E-state index contributed by atoms with van der Waals surface area (Å²) in [5.74, 6) is -0.527. The van der Waals surface area contributed by atoms with Crippen molar-refractivity contribution in [1.29, 1.82) is 0 Å². The summed E-state index contributed by atoms with van der Waals surface area (Å²) in [6, 6.07) is 4.64. The second-order valence-electron chi connectivity index (χ2n) is 6.10. The predicted molar refractivity (Wildman–Crippen MR) is 83.9 cm³/mol. The van der Waals surface area contributed by atoms with Crippen LogP contribution < -0.4 is 0 Å². The van der Waals surface area contributed by atoms with E-state index < -0.39 is 31.4 Å². The van der Waals surface area contributed by atoms with Gasteiger partial charge >= 0.3 is 10.1 Å². The van der Waals surface area contributed by atoms with Crippen molar-refractivity contribution in [2.75, 3.05) is 12.3 Å². The Morgan fingerprint density at radius 2 is 1.83 bits per heavy atom. The zero-order valence-electron chi connectivity index (χ0n) is 13.1. The summed E-state index contributed by atoms with van der Waals surface area (Å²) in [4.78, 5) is -0.218. The van der Waals surface area contributed by atoms with Crippen LogP contribution in [0.3, 0.4) is 0 Å². The Bertz CT molecular complexity index is 882. The molecule has 1 aromatic carbocycles.